The summed E-state index contributed by atoms with van der Waals surface area (Å²) >= 11 is 11.7. The van der Waals surface area contributed by atoms with E-state index in [9.17, 15) is 9.59 Å². The van der Waals surface area contributed by atoms with E-state index in [1.807, 2.05) is 0 Å². The fourth-order valence-electron chi connectivity index (χ4n) is 1.64. The van der Waals surface area contributed by atoms with Gasteiger partial charge in [0, 0.05) is 12.0 Å². The van der Waals surface area contributed by atoms with Crippen molar-refractivity contribution in [3.63, 3.8) is 0 Å². The van der Waals surface area contributed by atoms with E-state index >= 15 is 0 Å². The highest BCUT2D eigenvalue weighted by molar-refractivity contribution is 6.42. The third-order valence-electron chi connectivity index (χ3n) is 2.50. The first-order valence-corrected chi connectivity index (χ1v) is 6.12. The van der Waals surface area contributed by atoms with Gasteiger partial charge in [-0.15, -0.1) is 0 Å². The molecule has 0 saturated heterocycles. The average Bonchev–Trinajstić information content (AvgIpc) is 2.71. The standard InChI is InChI=1S/C12H9Cl2NO4/c13-7-2-1-6(5-8(7)14)11-9(3-4-10(16)17)19-12(18)15-11/h1-2,5H,3-4H2,(H,15,18)(H,16,17). The zero-order valence-corrected chi connectivity index (χ0v) is 11.1. The number of aliphatic carboxylic acids is 1. The van der Waals surface area contributed by atoms with Gasteiger partial charge in [-0.25, -0.2) is 4.79 Å². The molecule has 0 radical (unpaired) electrons. The smallest absolute Gasteiger partial charge is 0.416 e. The molecule has 0 unspecified atom stereocenters. The van der Waals surface area contributed by atoms with Crippen LogP contribution < -0.4 is 5.76 Å². The van der Waals surface area contributed by atoms with Gasteiger partial charge in [0.05, 0.1) is 22.2 Å². The molecule has 0 bridgehead atoms. The van der Waals surface area contributed by atoms with Crippen LogP contribution in [0.3, 0.4) is 0 Å². The van der Waals surface area contributed by atoms with Gasteiger partial charge in [-0.3, -0.25) is 9.78 Å². The van der Waals surface area contributed by atoms with Gasteiger partial charge in [0.15, 0.2) is 0 Å². The molecule has 19 heavy (non-hydrogen) atoms. The molecule has 2 aromatic rings. The summed E-state index contributed by atoms with van der Waals surface area (Å²) in [7, 11) is 0. The lowest BCUT2D eigenvalue weighted by molar-refractivity contribution is -0.137. The van der Waals surface area contributed by atoms with Crippen molar-refractivity contribution in [2.24, 2.45) is 0 Å². The van der Waals surface area contributed by atoms with Gasteiger partial charge in [-0.2, -0.15) is 0 Å². The maximum absolute atomic E-state index is 11.3. The van der Waals surface area contributed by atoms with E-state index in [1.165, 1.54) is 0 Å². The molecule has 5 nitrogen and oxygen atoms in total. The third kappa shape index (κ3) is 3.19. The number of aromatic nitrogens is 1. The molecular weight excluding hydrogens is 293 g/mol. The molecule has 0 amide bonds. The second kappa shape index (κ2) is 5.50. The fourth-order valence-corrected chi connectivity index (χ4v) is 1.94. The number of carboxylic acids is 1. The van der Waals surface area contributed by atoms with E-state index in [-0.39, 0.29) is 18.6 Å². The van der Waals surface area contributed by atoms with Crippen molar-refractivity contribution in [2.75, 3.05) is 0 Å². The molecule has 0 atom stereocenters. The molecule has 0 aliphatic carbocycles. The molecule has 0 saturated carbocycles. The van der Waals surface area contributed by atoms with Crippen molar-refractivity contribution in [3.05, 3.63) is 44.6 Å². The minimum atomic E-state index is -0.969. The summed E-state index contributed by atoms with van der Waals surface area (Å²) in [5, 5.41) is 9.39. The van der Waals surface area contributed by atoms with Gasteiger partial charge in [-0.05, 0) is 12.1 Å². The Kier molecular flexibility index (Phi) is 3.97. The Labute approximate surface area is 117 Å². The topological polar surface area (TPSA) is 83.3 Å². The van der Waals surface area contributed by atoms with Crippen LogP contribution >= 0.6 is 23.2 Å². The van der Waals surface area contributed by atoms with Crippen molar-refractivity contribution in [2.45, 2.75) is 12.8 Å². The van der Waals surface area contributed by atoms with Crippen LogP contribution in [0.1, 0.15) is 12.2 Å². The van der Waals surface area contributed by atoms with Gasteiger partial charge in [0.1, 0.15) is 5.76 Å². The zero-order valence-electron chi connectivity index (χ0n) is 9.57. The third-order valence-corrected chi connectivity index (χ3v) is 3.24. The minimum absolute atomic E-state index is 0.115. The molecule has 1 heterocycles. The maximum atomic E-state index is 11.3. The number of aromatic amines is 1. The van der Waals surface area contributed by atoms with E-state index < -0.39 is 11.7 Å². The molecule has 2 rings (SSSR count). The number of carbonyl (C=O) groups is 1. The number of hydrogen-bond donors (Lipinski definition) is 2. The molecule has 100 valence electrons. The number of nitrogens with one attached hydrogen (secondary N) is 1. The first-order valence-electron chi connectivity index (χ1n) is 5.36. The number of H-pyrrole nitrogens is 1. The molecule has 0 aliphatic heterocycles. The molecule has 0 spiro atoms. The Balaban J connectivity index is 2.40. The number of aryl methyl sites for hydroxylation is 1. The minimum Gasteiger partial charge on any atom is -0.481 e. The molecular formula is C12H9Cl2NO4. The first kappa shape index (κ1) is 13.7. The highest BCUT2D eigenvalue weighted by Gasteiger charge is 2.14. The van der Waals surface area contributed by atoms with Gasteiger partial charge in [0.2, 0.25) is 0 Å². The van der Waals surface area contributed by atoms with Crippen LogP contribution in [0, 0.1) is 0 Å². The molecule has 0 fully saturated rings. The highest BCUT2D eigenvalue weighted by atomic mass is 35.5. The Morgan fingerprint density at radius 2 is 2.05 bits per heavy atom. The SMILES string of the molecule is O=C(O)CCc1oc(=O)[nH]c1-c1ccc(Cl)c(Cl)c1. The van der Waals surface area contributed by atoms with Crippen molar-refractivity contribution in [3.8, 4) is 11.3 Å². The number of carboxylic acid groups (broad SMARTS) is 1. The Morgan fingerprint density at radius 3 is 2.68 bits per heavy atom. The monoisotopic (exact) mass is 301 g/mol. The van der Waals surface area contributed by atoms with E-state index in [4.69, 9.17) is 32.7 Å². The maximum Gasteiger partial charge on any atom is 0.416 e. The summed E-state index contributed by atoms with van der Waals surface area (Å²) in [5.41, 5.74) is 1.03. The van der Waals surface area contributed by atoms with Crippen molar-refractivity contribution < 1.29 is 14.3 Å². The number of benzene rings is 1. The summed E-state index contributed by atoms with van der Waals surface area (Å²) in [6.45, 7) is 0. The second-order valence-electron chi connectivity index (χ2n) is 3.84. The quantitative estimate of drug-likeness (QED) is 0.909. The molecule has 1 aromatic carbocycles. The van der Waals surface area contributed by atoms with Crippen LogP contribution in [0.4, 0.5) is 0 Å². The summed E-state index contributed by atoms with van der Waals surface area (Å²) in [4.78, 5) is 24.3. The molecule has 2 N–H and O–H groups in total. The largest absolute Gasteiger partial charge is 0.481 e. The van der Waals surface area contributed by atoms with E-state index in [1.54, 1.807) is 18.2 Å². The van der Waals surface area contributed by atoms with Crippen LogP contribution in [0.2, 0.25) is 10.0 Å². The van der Waals surface area contributed by atoms with Gasteiger partial charge in [0.25, 0.3) is 0 Å². The second-order valence-corrected chi connectivity index (χ2v) is 4.65. The van der Waals surface area contributed by atoms with Gasteiger partial charge >= 0.3 is 11.7 Å². The Bertz CT molecular complexity index is 675. The molecule has 0 aliphatic rings. The number of oxazole rings is 1. The van der Waals surface area contributed by atoms with Crippen LogP contribution in [0.25, 0.3) is 11.3 Å². The molecule has 1 aromatic heterocycles. The van der Waals surface area contributed by atoms with Gasteiger partial charge in [-0.1, -0.05) is 29.3 Å². The van der Waals surface area contributed by atoms with Crippen molar-refractivity contribution in [1.82, 2.24) is 4.98 Å². The summed E-state index contributed by atoms with van der Waals surface area (Å²) < 4.78 is 4.94. The summed E-state index contributed by atoms with van der Waals surface area (Å²) in [6.07, 6.45) is -0.0151. The predicted octanol–water partition coefficient (Wildman–Crippen LogP) is 2.96. The normalized spacial score (nSPS) is 10.6. The number of halogens is 2. The first-order chi connectivity index (χ1) is 8.97. The van der Waals surface area contributed by atoms with Crippen molar-refractivity contribution >= 4 is 29.2 Å². The fraction of sp³-hybridized carbons (Fsp3) is 0.167. The van der Waals surface area contributed by atoms with Gasteiger partial charge < -0.3 is 9.52 Å². The lowest BCUT2D eigenvalue weighted by atomic mass is 10.1. The van der Waals surface area contributed by atoms with Crippen LogP contribution in [-0.2, 0) is 11.2 Å². The van der Waals surface area contributed by atoms with E-state index in [0.29, 0.717) is 21.3 Å². The Hall–Kier alpha value is -1.72. The number of hydrogen-bond acceptors (Lipinski definition) is 3. The van der Waals surface area contributed by atoms with E-state index in [0.717, 1.165) is 0 Å². The highest BCUT2D eigenvalue weighted by Crippen LogP contribution is 2.29. The van der Waals surface area contributed by atoms with Crippen molar-refractivity contribution in [1.29, 1.82) is 0 Å². The predicted molar refractivity (Wildman–Crippen MR) is 70.7 cm³/mol. The van der Waals surface area contributed by atoms with E-state index in [2.05, 4.69) is 4.98 Å². The lowest BCUT2D eigenvalue weighted by Crippen LogP contribution is -1.97. The zero-order chi connectivity index (χ0) is 14.0. The summed E-state index contributed by atoms with van der Waals surface area (Å²) in [6, 6.07) is 4.83. The van der Waals surface area contributed by atoms with Crippen LogP contribution in [-0.4, -0.2) is 16.1 Å². The summed E-state index contributed by atoms with van der Waals surface area (Å²) in [5.74, 6) is -1.32. The van der Waals surface area contributed by atoms with Crippen LogP contribution in [0.15, 0.2) is 27.4 Å². The molecule has 7 heteroatoms. The number of rotatable bonds is 4. The van der Waals surface area contributed by atoms with Crippen LogP contribution in [0.5, 0.6) is 0 Å². The average molecular weight is 302 g/mol. The Morgan fingerprint density at radius 1 is 1.32 bits per heavy atom. The lowest BCUT2D eigenvalue weighted by Gasteiger charge is -2.02.